The highest BCUT2D eigenvalue weighted by Crippen LogP contribution is 2.36. The summed E-state index contributed by atoms with van der Waals surface area (Å²) in [5.74, 6) is 1.02. The van der Waals surface area contributed by atoms with Crippen molar-refractivity contribution in [2.75, 3.05) is 6.61 Å². The van der Waals surface area contributed by atoms with Crippen LogP contribution in [0.15, 0.2) is 12.1 Å². The van der Waals surface area contributed by atoms with E-state index in [1.54, 1.807) is 0 Å². The maximum absolute atomic E-state index is 5.92. The van der Waals surface area contributed by atoms with Crippen molar-refractivity contribution in [1.29, 1.82) is 0 Å². The summed E-state index contributed by atoms with van der Waals surface area (Å²) in [6.07, 6.45) is 3.71. The smallest absolute Gasteiger partial charge is 0.124 e. The van der Waals surface area contributed by atoms with Gasteiger partial charge in [-0.25, -0.2) is 0 Å². The van der Waals surface area contributed by atoms with E-state index in [1.807, 2.05) is 0 Å². The zero-order valence-corrected chi connectivity index (χ0v) is 7.55. The first-order valence-corrected chi connectivity index (χ1v) is 4.88. The van der Waals surface area contributed by atoms with Gasteiger partial charge in [0.2, 0.25) is 0 Å². The van der Waals surface area contributed by atoms with Gasteiger partial charge in [-0.15, -0.1) is 0 Å². The highest BCUT2D eigenvalue weighted by molar-refractivity contribution is 5.48. The lowest BCUT2D eigenvalue weighted by atomic mass is 10.0. The van der Waals surface area contributed by atoms with Gasteiger partial charge in [-0.2, -0.15) is 0 Å². The van der Waals surface area contributed by atoms with Crippen LogP contribution in [0.4, 0.5) is 0 Å². The van der Waals surface area contributed by atoms with Crippen LogP contribution >= 0.6 is 0 Å². The van der Waals surface area contributed by atoms with Gasteiger partial charge in [-0.1, -0.05) is 6.07 Å². The zero-order valence-electron chi connectivity index (χ0n) is 7.55. The molecule has 1 aromatic rings. The van der Waals surface area contributed by atoms with Gasteiger partial charge >= 0.3 is 0 Å². The molecule has 1 aliphatic carbocycles. The van der Waals surface area contributed by atoms with Crippen LogP contribution in [-0.2, 0) is 12.8 Å². The average Bonchev–Trinajstić information content (AvgIpc) is 2.70. The molecule has 0 radical (unpaired) electrons. The zero-order chi connectivity index (χ0) is 8.84. The molecule has 1 aromatic carbocycles. The van der Waals surface area contributed by atoms with Gasteiger partial charge in [-0.3, -0.25) is 0 Å². The van der Waals surface area contributed by atoms with E-state index in [0.717, 1.165) is 5.75 Å². The number of ether oxygens (including phenoxy) is 1. The molecular weight excluding hydrogens is 162 g/mol. The van der Waals surface area contributed by atoms with E-state index in [4.69, 9.17) is 10.5 Å². The second kappa shape index (κ2) is 2.48. The third kappa shape index (κ3) is 0.985. The maximum atomic E-state index is 5.92. The molecule has 3 rings (SSSR count). The van der Waals surface area contributed by atoms with Crippen molar-refractivity contribution < 1.29 is 4.74 Å². The molecule has 1 aliphatic heterocycles. The first kappa shape index (κ1) is 7.39. The number of aryl methyl sites for hydroxylation is 2. The minimum atomic E-state index is 0.0981. The van der Waals surface area contributed by atoms with Gasteiger partial charge in [0.25, 0.3) is 0 Å². The van der Waals surface area contributed by atoms with Crippen molar-refractivity contribution >= 4 is 0 Å². The van der Waals surface area contributed by atoms with E-state index < -0.39 is 0 Å². The molecule has 0 spiro atoms. The van der Waals surface area contributed by atoms with E-state index in [2.05, 4.69) is 12.1 Å². The Kier molecular flexibility index (Phi) is 1.41. The van der Waals surface area contributed by atoms with Crippen LogP contribution in [0.2, 0.25) is 0 Å². The van der Waals surface area contributed by atoms with Crippen LogP contribution < -0.4 is 10.5 Å². The van der Waals surface area contributed by atoms with Gasteiger partial charge in [0.05, 0.1) is 6.04 Å². The van der Waals surface area contributed by atoms with E-state index in [1.165, 1.54) is 36.0 Å². The Hall–Kier alpha value is -1.02. The molecule has 1 heterocycles. The van der Waals surface area contributed by atoms with Crippen LogP contribution in [0.1, 0.15) is 29.2 Å². The Morgan fingerprint density at radius 2 is 2.00 bits per heavy atom. The molecule has 1 unspecified atom stereocenters. The number of fused-ring (bicyclic) bond motifs is 2. The molecule has 0 saturated heterocycles. The van der Waals surface area contributed by atoms with E-state index in [0.29, 0.717) is 6.61 Å². The Morgan fingerprint density at radius 1 is 1.23 bits per heavy atom. The average molecular weight is 175 g/mol. The van der Waals surface area contributed by atoms with Crippen molar-refractivity contribution in [3.05, 3.63) is 28.8 Å². The monoisotopic (exact) mass is 175 g/mol. The molecule has 13 heavy (non-hydrogen) atoms. The molecule has 0 bridgehead atoms. The molecule has 2 aliphatic rings. The van der Waals surface area contributed by atoms with Gasteiger partial charge in [-0.05, 0) is 36.5 Å². The van der Waals surface area contributed by atoms with Crippen molar-refractivity contribution in [3.63, 3.8) is 0 Å². The Bertz CT molecular complexity index is 359. The fraction of sp³-hybridized carbons (Fsp3) is 0.455. The molecule has 0 amide bonds. The predicted molar refractivity (Wildman–Crippen MR) is 50.9 cm³/mol. The third-order valence-electron chi connectivity index (χ3n) is 3.04. The van der Waals surface area contributed by atoms with Gasteiger partial charge in [0.1, 0.15) is 12.4 Å². The summed E-state index contributed by atoms with van der Waals surface area (Å²) in [5, 5.41) is 0. The first-order chi connectivity index (χ1) is 6.34. The van der Waals surface area contributed by atoms with Crippen molar-refractivity contribution in [2.45, 2.75) is 25.3 Å². The summed E-state index contributed by atoms with van der Waals surface area (Å²) in [4.78, 5) is 0. The standard InChI is InChI=1S/C11H13NO/c12-10-6-13-11-5-8-3-1-2-7(8)4-9(10)11/h4-5,10H,1-3,6,12H2. The van der Waals surface area contributed by atoms with Crippen molar-refractivity contribution in [2.24, 2.45) is 5.73 Å². The lowest BCUT2D eigenvalue weighted by Crippen LogP contribution is -2.10. The molecule has 2 N–H and O–H groups in total. The summed E-state index contributed by atoms with van der Waals surface area (Å²) in [6, 6.07) is 4.53. The Balaban J connectivity index is 2.16. The first-order valence-electron chi connectivity index (χ1n) is 4.88. The van der Waals surface area contributed by atoms with Gasteiger partial charge in [0, 0.05) is 5.56 Å². The predicted octanol–water partition coefficient (Wildman–Crippen LogP) is 1.57. The number of rotatable bonds is 0. The van der Waals surface area contributed by atoms with Crippen molar-refractivity contribution in [3.8, 4) is 5.75 Å². The largest absolute Gasteiger partial charge is 0.491 e. The number of hydrogen-bond acceptors (Lipinski definition) is 2. The second-order valence-corrected chi connectivity index (χ2v) is 3.93. The minimum absolute atomic E-state index is 0.0981. The molecule has 0 saturated carbocycles. The van der Waals surface area contributed by atoms with Crippen LogP contribution in [0.3, 0.4) is 0 Å². The van der Waals surface area contributed by atoms with Crippen molar-refractivity contribution in [1.82, 2.24) is 0 Å². The highest BCUT2D eigenvalue weighted by Gasteiger charge is 2.23. The van der Waals surface area contributed by atoms with Gasteiger partial charge < -0.3 is 10.5 Å². The molecule has 2 heteroatoms. The lowest BCUT2D eigenvalue weighted by molar-refractivity contribution is 0.333. The molecule has 0 fully saturated rings. The van der Waals surface area contributed by atoms with Crippen LogP contribution in [0.25, 0.3) is 0 Å². The maximum Gasteiger partial charge on any atom is 0.124 e. The number of hydrogen-bond donors (Lipinski definition) is 1. The third-order valence-corrected chi connectivity index (χ3v) is 3.04. The lowest BCUT2D eigenvalue weighted by Gasteiger charge is -2.04. The fourth-order valence-corrected chi connectivity index (χ4v) is 2.30. The van der Waals surface area contributed by atoms with Crippen LogP contribution in [-0.4, -0.2) is 6.61 Å². The summed E-state index contributed by atoms with van der Waals surface area (Å²) < 4.78 is 5.51. The quantitative estimate of drug-likeness (QED) is 0.649. The molecule has 0 aromatic heterocycles. The van der Waals surface area contributed by atoms with Crippen LogP contribution in [0.5, 0.6) is 5.75 Å². The summed E-state index contributed by atoms with van der Waals surface area (Å²) in [6.45, 7) is 0.651. The molecular formula is C11H13NO. The fourth-order valence-electron chi connectivity index (χ4n) is 2.30. The Morgan fingerprint density at radius 3 is 2.85 bits per heavy atom. The topological polar surface area (TPSA) is 35.2 Å². The van der Waals surface area contributed by atoms with E-state index in [-0.39, 0.29) is 6.04 Å². The van der Waals surface area contributed by atoms with E-state index >= 15 is 0 Å². The minimum Gasteiger partial charge on any atom is -0.491 e. The highest BCUT2D eigenvalue weighted by atomic mass is 16.5. The SMILES string of the molecule is NC1COc2cc3c(cc21)CCC3. The van der Waals surface area contributed by atoms with E-state index in [9.17, 15) is 0 Å². The molecule has 2 nitrogen and oxygen atoms in total. The normalized spacial score (nSPS) is 23.9. The summed E-state index contributed by atoms with van der Waals surface area (Å²) in [7, 11) is 0. The van der Waals surface area contributed by atoms with Crippen LogP contribution in [0, 0.1) is 0 Å². The van der Waals surface area contributed by atoms with Gasteiger partial charge in [0.15, 0.2) is 0 Å². The Labute approximate surface area is 77.7 Å². The second-order valence-electron chi connectivity index (χ2n) is 3.93. The molecule has 1 atom stereocenters. The summed E-state index contributed by atoms with van der Waals surface area (Å²) in [5.41, 5.74) is 10.1. The molecule has 68 valence electrons. The summed E-state index contributed by atoms with van der Waals surface area (Å²) >= 11 is 0. The number of nitrogens with two attached hydrogens (primary N) is 1. The number of benzene rings is 1.